The minimum atomic E-state index is -0.602. The minimum absolute atomic E-state index is 0.0700. The Hall–Kier alpha value is -3.17. The van der Waals surface area contributed by atoms with Gasteiger partial charge in [-0.1, -0.05) is 6.08 Å². The zero-order valence-corrected chi connectivity index (χ0v) is 18.0. The lowest BCUT2D eigenvalue weighted by Crippen LogP contribution is -2.35. The Morgan fingerprint density at radius 2 is 2.03 bits per heavy atom. The van der Waals surface area contributed by atoms with E-state index in [1.165, 1.54) is 5.56 Å². The number of ether oxygens (including phenoxy) is 2. The fraction of sp³-hybridized carbons (Fsp3) is 0.435. The zero-order valence-electron chi connectivity index (χ0n) is 18.0. The second-order valence-electron chi connectivity index (χ2n) is 8.54. The lowest BCUT2D eigenvalue weighted by Gasteiger charge is -2.26. The van der Waals surface area contributed by atoms with Gasteiger partial charge in [0.1, 0.15) is 0 Å². The molecule has 2 N–H and O–H groups in total. The van der Waals surface area contributed by atoms with Gasteiger partial charge in [0.25, 0.3) is 11.8 Å². The summed E-state index contributed by atoms with van der Waals surface area (Å²) in [4.78, 5) is 43.3. The van der Waals surface area contributed by atoms with Crippen molar-refractivity contribution in [3.8, 4) is 0 Å². The van der Waals surface area contributed by atoms with Crippen molar-refractivity contribution in [2.24, 2.45) is 5.92 Å². The van der Waals surface area contributed by atoms with E-state index in [1.54, 1.807) is 0 Å². The first-order valence-corrected chi connectivity index (χ1v) is 10.9. The molecule has 32 heavy (non-hydrogen) atoms. The molecule has 0 spiro atoms. The zero-order chi connectivity index (χ0) is 22.2. The molecule has 0 saturated carbocycles. The fourth-order valence-corrected chi connectivity index (χ4v) is 4.66. The molecule has 9 heteroatoms. The number of hydrogen-bond donors (Lipinski definition) is 2. The molecule has 1 aromatic rings. The highest BCUT2D eigenvalue weighted by atomic mass is 16.6. The number of imide groups is 1. The van der Waals surface area contributed by atoms with Crippen molar-refractivity contribution in [2.45, 2.75) is 19.9 Å². The third-order valence-corrected chi connectivity index (χ3v) is 6.39. The monoisotopic (exact) mass is 438 g/mol. The summed E-state index contributed by atoms with van der Waals surface area (Å²) < 4.78 is 10.2. The van der Waals surface area contributed by atoms with E-state index in [-0.39, 0.29) is 30.9 Å². The molecule has 3 aliphatic heterocycles. The van der Waals surface area contributed by atoms with Gasteiger partial charge in [-0.05, 0) is 48.1 Å². The standard InChI is InChI=1S/C23H26N4O5/c1-14(19-9-16(10-24-19)11-26-4-6-31-7-5-26)21-17-8-15(2-3-18(17)25-22(21)29)12-27-20(28)13-32-23(27)30/h2-3,9-10,15,24H,4-8,11-13H2,1H3,(H,25,29). The molecule has 168 valence electrons. The highest BCUT2D eigenvalue weighted by molar-refractivity contribution is 6.09. The van der Waals surface area contributed by atoms with Gasteiger partial charge < -0.3 is 19.8 Å². The second kappa shape index (κ2) is 8.40. The first-order chi connectivity index (χ1) is 15.5. The molecule has 1 unspecified atom stereocenters. The third kappa shape index (κ3) is 3.89. The van der Waals surface area contributed by atoms with E-state index >= 15 is 0 Å². The van der Waals surface area contributed by atoms with Gasteiger partial charge in [-0.3, -0.25) is 14.5 Å². The molecule has 3 amide bonds. The Morgan fingerprint density at radius 3 is 2.78 bits per heavy atom. The summed E-state index contributed by atoms with van der Waals surface area (Å²) in [6.45, 7) is 6.18. The Balaban J connectivity index is 1.34. The predicted octanol–water partition coefficient (Wildman–Crippen LogP) is 1.56. The van der Waals surface area contributed by atoms with Crippen molar-refractivity contribution < 1.29 is 23.9 Å². The number of carbonyl (C=O) groups is 3. The molecule has 2 saturated heterocycles. The molecule has 0 aromatic carbocycles. The lowest BCUT2D eigenvalue weighted by atomic mass is 9.87. The highest BCUT2D eigenvalue weighted by Crippen LogP contribution is 2.37. The number of allylic oxidation sites excluding steroid dienone is 2. The normalized spacial score (nSPS) is 25.3. The average Bonchev–Trinajstić information content (AvgIpc) is 3.47. The SMILES string of the molecule is CC(=C1C(=O)NC2=C1CC(CN1C(=O)COC1=O)C=C2)c1cc(CN2CCOCC2)c[nH]1. The van der Waals surface area contributed by atoms with Crippen molar-refractivity contribution >= 4 is 23.5 Å². The van der Waals surface area contributed by atoms with Crippen LogP contribution in [0.4, 0.5) is 4.79 Å². The van der Waals surface area contributed by atoms with Crippen LogP contribution in [0.5, 0.6) is 0 Å². The van der Waals surface area contributed by atoms with Gasteiger partial charge in [-0.25, -0.2) is 9.69 Å². The fourth-order valence-electron chi connectivity index (χ4n) is 4.66. The summed E-state index contributed by atoms with van der Waals surface area (Å²) in [6.07, 6.45) is 5.76. The maximum atomic E-state index is 12.8. The van der Waals surface area contributed by atoms with Crippen LogP contribution in [-0.2, 0) is 25.6 Å². The Labute approximate surface area is 185 Å². The van der Waals surface area contributed by atoms with Gasteiger partial charge in [-0.15, -0.1) is 0 Å². The maximum Gasteiger partial charge on any atom is 0.417 e. The van der Waals surface area contributed by atoms with Crippen LogP contribution >= 0.6 is 0 Å². The van der Waals surface area contributed by atoms with Crippen LogP contribution in [0.25, 0.3) is 5.57 Å². The van der Waals surface area contributed by atoms with E-state index in [9.17, 15) is 14.4 Å². The van der Waals surface area contributed by atoms with E-state index in [2.05, 4.69) is 21.3 Å². The summed E-state index contributed by atoms with van der Waals surface area (Å²) in [5.41, 5.74) is 5.33. The molecule has 1 aromatic heterocycles. The van der Waals surface area contributed by atoms with E-state index in [4.69, 9.17) is 9.47 Å². The van der Waals surface area contributed by atoms with Gasteiger partial charge in [0.05, 0.1) is 13.2 Å². The smallest absolute Gasteiger partial charge is 0.417 e. The van der Waals surface area contributed by atoms with E-state index in [1.807, 2.05) is 25.3 Å². The van der Waals surface area contributed by atoms with Crippen molar-refractivity contribution in [2.75, 3.05) is 39.5 Å². The number of carbonyl (C=O) groups excluding carboxylic acids is 3. The number of morpholine rings is 1. The van der Waals surface area contributed by atoms with Gasteiger partial charge in [0.15, 0.2) is 6.61 Å². The van der Waals surface area contributed by atoms with Crippen LogP contribution in [0.3, 0.4) is 0 Å². The maximum absolute atomic E-state index is 12.8. The number of cyclic esters (lactones) is 1. The predicted molar refractivity (Wildman–Crippen MR) is 115 cm³/mol. The molecule has 1 atom stereocenters. The summed E-state index contributed by atoms with van der Waals surface area (Å²) in [5, 5.41) is 2.95. The molecule has 0 bridgehead atoms. The minimum Gasteiger partial charge on any atom is -0.439 e. The lowest BCUT2D eigenvalue weighted by molar-refractivity contribution is -0.126. The van der Waals surface area contributed by atoms with Gasteiger partial charge >= 0.3 is 6.09 Å². The molecule has 4 heterocycles. The number of amides is 3. The molecule has 9 nitrogen and oxygen atoms in total. The molecular formula is C23H26N4O5. The first-order valence-electron chi connectivity index (χ1n) is 10.9. The van der Waals surface area contributed by atoms with Gasteiger partial charge in [-0.2, -0.15) is 0 Å². The van der Waals surface area contributed by atoms with Crippen LogP contribution in [-0.4, -0.2) is 72.1 Å². The van der Waals surface area contributed by atoms with Crippen LogP contribution in [0.1, 0.15) is 24.6 Å². The van der Waals surface area contributed by atoms with Crippen molar-refractivity contribution in [3.05, 3.63) is 52.5 Å². The summed E-state index contributed by atoms with van der Waals surface area (Å²) in [5.74, 6) is -0.520. The quantitative estimate of drug-likeness (QED) is 0.677. The molecule has 5 rings (SSSR count). The summed E-state index contributed by atoms with van der Waals surface area (Å²) in [7, 11) is 0. The first kappa shape index (κ1) is 20.7. The van der Waals surface area contributed by atoms with E-state index < -0.39 is 6.09 Å². The van der Waals surface area contributed by atoms with Crippen molar-refractivity contribution in [1.82, 2.24) is 20.1 Å². The van der Waals surface area contributed by atoms with Gasteiger partial charge in [0.2, 0.25) is 0 Å². The Bertz CT molecular complexity index is 1040. The number of nitrogens with zero attached hydrogens (tertiary/aromatic N) is 2. The van der Waals surface area contributed by atoms with E-state index in [0.717, 1.165) is 60.3 Å². The second-order valence-corrected chi connectivity index (χ2v) is 8.54. The summed E-state index contributed by atoms with van der Waals surface area (Å²) >= 11 is 0. The number of aromatic nitrogens is 1. The van der Waals surface area contributed by atoms with Crippen LogP contribution < -0.4 is 5.32 Å². The third-order valence-electron chi connectivity index (χ3n) is 6.39. The number of rotatable bonds is 5. The average molecular weight is 438 g/mol. The van der Waals surface area contributed by atoms with Crippen LogP contribution in [0.15, 0.2) is 41.3 Å². The van der Waals surface area contributed by atoms with Crippen LogP contribution in [0.2, 0.25) is 0 Å². The Kier molecular flexibility index (Phi) is 5.44. The molecule has 2 fully saturated rings. The van der Waals surface area contributed by atoms with Crippen LogP contribution in [0, 0.1) is 5.92 Å². The van der Waals surface area contributed by atoms with Crippen molar-refractivity contribution in [3.63, 3.8) is 0 Å². The molecule has 0 radical (unpaired) electrons. The number of H-pyrrole nitrogens is 1. The number of hydrogen-bond acceptors (Lipinski definition) is 6. The van der Waals surface area contributed by atoms with E-state index in [0.29, 0.717) is 12.0 Å². The van der Waals surface area contributed by atoms with Gasteiger partial charge in [0, 0.05) is 49.3 Å². The topological polar surface area (TPSA) is 104 Å². The molecule has 1 aliphatic carbocycles. The highest BCUT2D eigenvalue weighted by Gasteiger charge is 2.36. The number of nitrogens with one attached hydrogen (secondary N) is 2. The molecule has 4 aliphatic rings. The van der Waals surface area contributed by atoms with Crippen molar-refractivity contribution in [1.29, 1.82) is 0 Å². The number of aromatic amines is 1. The largest absolute Gasteiger partial charge is 0.439 e. The summed E-state index contributed by atoms with van der Waals surface area (Å²) in [6, 6.07) is 2.10. The molecular weight excluding hydrogens is 412 g/mol. The Morgan fingerprint density at radius 1 is 1.22 bits per heavy atom.